The Kier molecular flexibility index (Phi) is 7.06. The van der Waals surface area contributed by atoms with Crippen LogP contribution in [0.4, 0.5) is 19.1 Å². The number of piperidine rings is 1. The van der Waals surface area contributed by atoms with Crippen LogP contribution in [0.15, 0.2) is 42.6 Å². The van der Waals surface area contributed by atoms with E-state index in [-0.39, 0.29) is 18.4 Å². The maximum Gasteiger partial charge on any atom is 0.416 e. The molecule has 2 aromatic heterocycles. The van der Waals surface area contributed by atoms with E-state index < -0.39 is 11.7 Å². The fourth-order valence-electron chi connectivity index (χ4n) is 4.11. The Morgan fingerprint density at radius 1 is 1.18 bits per heavy atom. The van der Waals surface area contributed by atoms with Crippen LogP contribution in [-0.2, 0) is 23.9 Å². The number of aromatic nitrogens is 4. The molecule has 0 radical (unpaired) electrons. The van der Waals surface area contributed by atoms with Crippen molar-refractivity contribution >= 4 is 23.5 Å². The number of nitrogens with one attached hydrogen (secondary N) is 1. The van der Waals surface area contributed by atoms with Gasteiger partial charge in [0.25, 0.3) is 0 Å². The summed E-state index contributed by atoms with van der Waals surface area (Å²) < 4.78 is 41.3. The second kappa shape index (κ2) is 10.0. The smallest absolute Gasteiger partial charge is 0.353 e. The SMILES string of the molecule is CC(=O)NC1CCN(c2nnc(-c3ccccc3Cl)n2CCc2cc(C(F)(F)F)ccn2)CC1. The lowest BCUT2D eigenvalue weighted by molar-refractivity contribution is -0.137. The zero-order chi connectivity index (χ0) is 24.3. The molecule has 1 aliphatic rings. The number of anilines is 1. The molecule has 1 aliphatic heterocycles. The summed E-state index contributed by atoms with van der Waals surface area (Å²) in [6, 6.07) is 9.36. The lowest BCUT2D eigenvalue weighted by Gasteiger charge is -2.33. The largest absolute Gasteiger partial charge is 0.416 e. The molecule has 0 atom stereocenters. The Bertz CT molecular complexity index is 1160. The van der Waals surface area contributed by atoms with Crippen LogP contribution in [0.2, 0.25) is 5.02 Å². The third-order valence-corrected chi connectivity index (χ3v) is 6.10. The molecule has 11 heteroatoms. The fraction of sp³-hybridized carbons (Fsp3) is 0.391. The van der Waals surface area contributed by atoms with Crippen LogP contribution in [0.1, 0.15) is 31.0 Å². The third kappa shape index (κ3) is 5.49. The molecule has 0 aliphatic carbocycles. The second-order valence-corrected chi connectivity index (χ2v) is 8.61. The Morgan fingerprint density at radius 2 is 1.91 bits per heavy atom. The van der Waals surface area contributed by atoms with Crippen LogP contribution in [0.25, 0.3) is 11.4 Å². The first-order valence-corrected chi connectivity index (χ1v) is 11.3. The predicted octanol–water partition coefficient (Wildman–Crippen LogP) is 4.36. The van der Waals surface area contributed by atoms with Gasteiger partial charge >= 0.3 is 6.18 Å². The van der Waals surface area contributed by atoms with Crippen LogP contribution in [0.5, 0.6) is 0 Å². The van der Waals surface area contributed by atoms with Crippen molar-refractivity contribution in [2.24, 2.45) is 0 Å². The average Bonchev–Trinajstić information content (AvgIpc) is 3.21. The molecule has 4 rings (SSSR count). The van der Waals surface area contributed by atoms with Crippen molar-refractivity contribution in [1.29, 1.82) is 0 Å². The maximum absolute atomic E-state index is 13.1. The number of alkyl halides is 3. The van der Waals surface area contributed by atoms with Gasteiger partial charge in [0.15, 0.2) is 5.82 Å². The molecule has 0 saturated carbocycles. The zero-order valence-electron chi connectivity index (χ0n) is 18.5. The molecule has 1 fully saturated rings. The van der Waals surface area contributed by atoms with Crippen LogP contribution < -0.4 is 10.2 Å². The number of hydrogen-bond acceptors (Lipinski definition) is 5. The molecule has 1 saturated heterocycles. The van der Waals surface area contributed by atoms with E-state index in [0.29, 0.717) is 47.7 Å². The summed E-state index contributed by atoms with van der Waals surface area (Å²) in [5, 5.41) is 12.2. The predicted molar refractivity (Wildman–Crippen MR) is 122 cm³/mol. The van der Waals surface area contributed by atoms with Gasteiger partial charge in [0.1, 0.15) is 0 Å². The highest BCUT2D eigenvalue weighted by atomic mass is 35.5. The van der Waals surface area contributed by atoms with E-state index in [1.54, 1.807) is 6.07 Å². The number of benzene rings is 1. The van der Waals surface area contributed by atoms with Crippen molar-refractivity contribution in [2.75, 3.05) is 18.0 Å². The van der Waals surface area contributed by atoms with Gasteiger partial charge in [0.05, 0.1) is 10.6 Å². The number of pyridine rings is 1. The van der Waals surface area contributed by atoms with Crippen LogP contribution in [0.3, 0.4) is 0 Å². The number of rotatable bonds is 6. The summed E-state index contributed by atoms with van der Waals surface area (Å²) in [6.45, 7) is 3.14. The third-order valence-electron chi connectivity index (χ3n) is 5.77. The highest BCUT2D eigenvalue weighted by molar-refractivity contribution is 6.33. The normalized spacial score (nSPS) is 14.9. The second-order valence-electron chi connectivity index (χ2n) is 8.20. The van der Waals surface area contributed by atoms with E-state index in [2.05, 4.69) is 25.4 Å². The number of halogens is 4. The molecule has 7 nitrogen and oxygen atoms in total. The van der Waals surface area contributed by atoms with Crippen molar-refractivity contribution in [3.8, 4) is 11.4 Å². The number of carbonyl (C=O) groups is 1. The van der Waals surface area contributed by atoms with E-state index in [1.165, 1.54) is 13.1 Å². The lowest BCUT2D eigenvalue weighted by atomic mass is 10.1. The molecular weight excluding hydrogens is 469 g/mol. The molecular formula is C23H24ClF3N6O. The van der Waals surface area contributed by atoms with Crippen molar-refractivity contribution in [1.82, 2.24) is 25.1 Å². The minimum absolute atomic E-state index is 0.0591. The fourth-order valence-corrected chi connectivity index (χ4v) is 4.33. The number of hydrogen-bond donors (Lipinski definition) is 1. The summed E-state index contributed by atoms with van der Waals surface area (Å²) >= 11 is 6.41. The first kappa shape index (κ1) is 24.0. The molecule has 3 heterocycles. The van der Waals surface area contributed by atoms with Gasteiger partial charge in [-0.15, -0.1) is 10.2 Å². The Labute approximate surface area is 200 Å². The molecule has 1 aromatic carbocycles. The number of carbonyl (C=O) groups excluding carboxylic acids is 1. The summed E-state index contributed by atoms with van der Waals surface area (Å²) in [4.78, 5) is 17.6. The van der Waals surface area contributed by atoms with Gasteiger partial charge in [-0.05, 0) is 37.1 Å². The highest BCUT2D eigenvalue weighted by Gasteiger charge is 2.31. The average molecular weight is 493 g/mol. The summed E-state index contributed by atoms with van der Waals surface area (Å²) in [7, 11) is 0. The molecule has 34 heavy (non-hydrogen) atoms. The van der Waals surface area contributed by atoms with E-state index >= 15 is 0 Å². The van der Waals surface area contributed by atoms with Gasteiger partial charge < -0.3 is 10.2 Å². The zero-order valence-corrected chi connectivity index (χ0v) is 19.3. The Balaban J connectivity index is 1.61. The van der Waals surface area contributed by atoms with Gasteiger partial charge in [-0.1, -0.05) is 23.7 Å². The van der Waals surface area contributed by atoms with Crippen LogP contribution >= 0.6 is 11.6 Å². The van der Waals surface area contributed by atoms with Crippen molar-refractivity contribution in [3.05, 3.63) is 58.9 Å². The van der Waals surface area contributed by atoms with Gasteiger partial charge in [-0.2, -0.15) is 13.2 Å². The first-order valence-electron chi connectivity index (χ1n) is 10.9. The van der Waals surface area contributed by atoms with Gasteiger partial charge in [0, 0.05) is 56.5 Å². The summed E-state index contributed by atoms with van der Waals surface area (Å²) in [5.41, 5.74) is 0.282. The van der Waals surface area contributed by atoms with Crippen molar-refractivity contribution in [2.45, 2.75) is 44.9 Å². The molecule has 180 valence electrons. The summed E-state index contributed by atoms with van der Waals surface area (Å²) in [6.07, 6.45) is -1.49. The molecule has 0 bridgehead atoms. The number of nitrogens with zero attached hydrogens (tertiary/aromatic N) is 5. The first-order chi connectivity index (χ1) is 16.2. The quantitative estimate of drug-likeness (QED) is 0.553. The molecule has 3 aromatic rings. The standard InChI is InChI=1S/C23H24ClF3N6O/c1-15(34)29-17-7-11-32(12-8-17)22-31-30-21(19-4-2-3-5-20(19)24)33(22)13-9-18-14-16(6-10-28-18)23(25,26)27/h2-6,10,14,17H,7-9,11-13H2,1H3,(H,29,34). The Hall–Kier alpha value is -3.14. The van der Waals surface area contributed by atoms with Gasteiger partial charge in [0.2, 0.25) is 11.9 Å². The molecule has 0 spiro atoms. The molecule has 0 unspecified atom stereocenters. The molecule has 1 N–H and O–H groups in total. The lowest BCUT2D eigenvalue weighted by Crippen LogP contribution is -2.44. The highest BCUT2D eigenvalue weighted by Crippen LogP contribution is 2.31. The topological polar surface area (TPSA) is 75.9 Å². The minimum atomic E-state index is -4.43. The Morgan fingerprint density at radius 3 is 2.59 bits per heavy atom. The van der Waals surface area contributed by atoms with Crippen LogP contribution in [0, 0.1) is 0 Å². The van der Waals surface area contributed by atoms with Gasteiger partial charge in [-0.25, -0.2) is 0 Å². The van der Waals surface area contributed by atoms with E-state index in [9.17, 15) is 18.0 Å². The number of amides is 1. The monoisotopic (exact) mass is 492 g/mol. The van der Waals surface area contributed by atoms with Crippen molar-refractivity contribution < 1.29 is 18.0 Å². The van der Waals surface area contributed by atoms with E-state index in [0.717, 1.165) is 25.0 Å². The number of aryl methyl sites for hydroxylation is 1. The van der Waals surface area contributed by atoms with Crippen molar-refractivity contribution in [3.63, 3.8) is 0 Å². The van der Waals surface area contributed by atoms with E-state index in [4.69, 9.17) is 11.6 Å². The van der Waals surface area contributed by atoms with Gasteiger partial charge in [-0.3, -0.25) is 14.3 Å². The van der Waals surface area contributed by atoms with Crippen LogP contribution in [-0.4, -0.2) is 44.8 Å². The maximum atomic E-state index is 13.1. The minimum Gasteiger partial charge on any atom is -0.353 e. The van der Waals surface area contributed by atoms with E-state index in [1.807, 2.05) is 22.8 Å². The molecule has 1 amide bonds. The summed E-state index contributed by atoms with van der Waals surface area (Å²) in [5.74, 6) is 1.09.